The molecule has 2 fully saturated rings. The van der Waals surface area contributed by atoms with Crippen molar-refractivity contribution in [2.24, 2.45) is 5.92 Å². The fourth-order valence-electron chi connectivity index (χ4n) is 3.23. The Labute approximate surface area is 86.4 Å². The van der Waals surface area contributed by atoms with E-state index in [1.165, 1.54) is 19.3 Å². The SMILES string of the molecule is C=C[C@]1(O)C[C@H](C)N[C@@H]2CCCC[C@H]21. The first-order valence-electron chi connectivity index (χ1n) is 5.78. The van der Waals surface area contributed by atoms with Gasteiger partial charge in [-0.1, -0.05) is 18.9 Å². The summed E-state index contributed by atoms with van der Waals surface area (Å²) in [6.45, 7) is 5.96. The van der Waals surface area contributed by atoms with Gasteiger partial charge in [-0.15, -0.1) is 6.58 Å². The van der Waals surface area contributed by atoms with Crippen LogP contribution in [0.5, 0.6) is 0 Å². The third-order valence-electron chi connectivity index (χ3n) is 3.89. The second-order valence-electron chi connectivity index (χ2n) is 4.96. The van der Waals surface area contributed by atoms with Gasteiger partial charge in [-0.25, -0.2) is 0 Å². The van der Waals surface area contributed by atoms with E-state index in [9.17, 15) is 5.11 Å². The third kappa shape index (κ3) is 1.61. The molecule has 1 heterocycles. The zero-order valence-electron chi connectivity index (χ0n) is 9.00. The van der Waals surface area contributed by atoms with Crippen molar-refractivity contribution < 1.29 is 5.11 Å². The minimum absolute atomic E-state index is 0.393. The van der Waals surface area contributed by atoms with E-state index in [4.69, 9.17) is 0 Å². The van der Waals surface area contributed by atoms with Crippen LogP contribution in [0.1, 0.15) is 39.0 Å². The number of piperidine rings is 1. The van der Waals surface area contributed by atoms with Crippen LogP contribution in [-0.4, -0.2) is 22.8 Å². The van der Waals surface area contributed by atoms with E-state index in [0.29, 0.717) is 18.0 Å². The monoisotopic (exact) mass is 195 g/mol. The lowest BCUT2D eigenvalue weighted by Crippen LogP contribution is -2.59. The van der Waals surface area contributed by atoms with E-state index in [1.807, 2.05) is 0 Å². The lowest BCUT2D eigenvalue weighted by Gasteiger charge is -2.48. The Morgan fingerprint density at radius 1 is 1.43 bits per heavy atom. The second-order valence-corrected chi connectivity index (χ2v) is 4.96. The lowest BCUT2D eigenvalue weighted by molar-refractivity contribution is -0.0459. The fourth-order valence-corrected chi connectivity index (χ4v) is 3.23. The summed E-state index contributed by atoms with van der Waals surface area (Å²) in [6.07, 6.45) is 7.50. The summed E-state index contributed by atoms with van der Waals surface area (Å²) in [5.41, 5.74) is -0.615. The van der Waals surface area contributed by atoms with E-state index < -0.39 is 5.60 Å². The summed E-state index contributed by atoms with van der Waals surface area (Å²) in [5, 5.41) is 14.1. The highest BCUT2D eigenvalue weighted by Gasteiger charge is 2.45. The molecule has 0 aromatic heterocycles. The van der Waals surface area contributed by atoms with Crippen LogP contribution in [0, 0.1) is 5.92 Å². The molecule has 2 aliphatic rings. The van der Waals surface area contributed by atoms with Gasteiger partial charge in [-0.05, 0) is 26.2 Å². The van der Waals surface area contributed by atoms with Crippen LogP contribution in [0.25, 0.3) is 0 Å². The Balaban J connectivity index is 2.19. The van der Waals surface area contributed by atoms with E-state index in [-0.39, 0.29) is 0 Å². The number of hydrogen-bond donors (Lipinski definition) is 2. The van der Waals surface area contributed by atoms with Gasteiger partial charge in [0.15, 0.2) is 0 Å². The van der Waals surface area contributed by atoms with Crippen molar-refractivity contribution in [3.05, 3.63) is 12.7 Å². The molecule has 0 aromatic rings. The first-order chi connectivity index (χ1) is 6.65. The molecule has 2 heteroatoms. The molecule has 0 spiro atoms. The van der Waals surface area contributed by atoms with Crippen LogP contribution < -0.4 is 5.32 Å². The van der Waals surface area contributed by atoms with Gasteiger partial charge >= 0.3 is 0 Å². The lowest BCUT2D eigenvalue weighted by atomic mass is 9.68. The first kappa shape index (κ1) is 10.2. The molecule has 80 valence electrons. The van der Waals surface area contributed by atoms with Gasteiger partial charge < -0.3 is 10.4 Å². The Morgan fingerprint density at radius 2 is 2.14 bits per heavy atom. The summed E-state index contributed by atoms with van der Waals surface area (Å²) in [4.78, 5) is 0. The van der Waals surface area contributed by atoms with Crippen molar-refractivity contribution in [2.75, 3.05) is 0 Å². The quantitative estimate of drug-likeness (QED) is 0.626. The molecule has 2 rings (SSSR count). The van der Waals surface area contributed by atoms with Crippen LogP contribution in [0.3, 0.4) is 0 Å². The topological polar surface area (TPSA) is 32.3 Å². The summed E-state index contributed by atoms with van der Waals surface area (Å²) < 4.78 is 0. The molecule has 14 heavy (non-hydrogen) atoms. The van der Waals surface area contributed by atoms with Gasteiger partial charge in [0.25, 0.3) is 0 Å². The Hall–Kier alpha value is -0.340. The maximum absolute atomic E-state index is 10.5. The van der Waals surface area contributed by atoms with Crippen molar-refractivity contribution in [1.82, 2.24) is 5.32 Å². The predicted molar refractivity (Wildman–Crippen MR) is 58.1 cm³/mol. The van der Waals surface area contributed by atoms with Crippen LogP contribution >= 0.6 is 0 Å². The zero-order chi connectivity index (χ0) is 10.2. The molecule has 1 saturated carbocycles. The molecule has 0 amide bonds. The number of rotatable bonds is 1. The van der Waals surface area contributed by atoms with Gasteiger partial charge in [-0.3, -0.25) is 0 Å². The van der Waals surface area contributed by atoms with Gasteiger partial charge in [0.05, 0.1) is 5.60 Å². The first-order valence-corrected chi connectivity index (χ1v) is 5.78. The summed E-state index contributed by atoms with van der Waals surface area (Å²) in [5.74, 6) is 0.393. The van der Waals surface area contributed by atoms with E-state index in [0.717, 1.165) is 12.8 Å². The Kier molecular flexibility index (Phi) is 2.67. The van der Waals surface area contributed by atoms with Crippen molar-refractivity contribution >= 4 is 0 Å². The van der Waals surface area contributed by atoms with Gasteiger partial charge in [0.2, 0.25) is 0 Å². The molecule has 0 unspecified atom stereocenters. The number of nitrogens with one attached hydrogen (secondary N) is 1. The molecular formula is C12H21NO. The summed E-state index contributed by atoms with van der Waals surface area (Å²) >= 11 is 0. The molecule has 1 aliphatic carbocycles. The minimum Gasteiger partial charge on any atom is -0.385 e. The Morgan fingerprint density at radius 3 is 2.86 bits per heavy atom. The smallest absolute Gasteiger partial charge is 0.0882 e. The summed E-state index contributed by atoms with van der Waals surface area (Å²) in [6, 6.07) is 0.924. The molecule has 1 saturated heterocycles. The zero-order valence-corrected chi connectivity index (χ0v) is 9.00. The third-order valence-corrected chi connectivity index (χ3v) is 3.89. The standard InChI is InChI=1S/C12H21NO/c1-3-12(14)8-9(2)13-11-7-5-4-6-10(11)12/h3,9-11,13-14H,1,4-8H2,2H3/t9-,10+,11+,12-/m0/s1. The maximum Gasteiger partial charge on any atom is 0.0882 e. The molecule has 2 nitrogen and oxygen atoms in total. The molecule has 0 radical (unpaired) electrons. The van der Waals surface area contributed by atoms with E-state index >= 15 is 0 Å². The minimum atomic E-state index is -0.615. The highest BCUT2D eigenvalue weighted by molar-refractivity contribution is 5.09. The molecule has 2 N–H and O–H groups in total. The highest BCUT2D eigenvalue weighted by atomic mass is 16.3. The van der Waals surface area contributed by atoms with Gasteiger partial charge in [0, 0.05) is 18.0 Å². The highest BCUT2D eigenvalue weighted by Crippen LogP contribution is 2.39. The molecule has 4 atom stereocenters. The number of hydrogen-bond acceptors (Lipinski definition) is 2. The van der Waals surface area contributed by atoms with Gasteiger partial charge in [0.1, 0.15) is 0 Å². The van der Waals surface area contributed by atoms with E-state index in [2.05, 4.69) is 18.8 Å². The Bertz CT molecular complexity index is 228. The molecule has 0 aromatic carbocycles. The number of fused-ring (bicyclic) bond motifs is 1. The molecule has 0 bridgehead atoms. The second kappa shape index (κ2) is 3.67. The largest absolute Gasteiger partial charge is 0.385 e. The van der Waals surface area contributed by atoms with Crippen molar-refractivity contribution in [2.45, 2.75) is 56.7 Å². The van der Waals surface area contributed by atoms with Crippen molar-refractivity contribution in [3.8, 4) is 0 Å². The fraction of sp³-hybridized carbons (Fsp3) is 0.833. The van der Waals surface area contributed by atoms with E-state index in [1.54, 1.807) is 6.08 Å². The average molecular weight is 195 g/mol. The van der Waals surface area contributed by atoms with Crippen LogP contribution in [0.4, 0.5) is 0 Å². The molecule has 1 aliphatic heterocycles. The summed E-state index contributed by atoms with van der Waals surface area (Å²) in [7, 11) is 0. The van der Waals surface area contributed by atoms with Crippen molar-refractivity contribution in [3.63, 3.8) is 0 Å². The van der Waals surface area contributed by atoms with Crippen LogP contribution in [0.15, 0.2) is 12.7 Å². The van der Waals surface area contributed by atoms with Gasteiger partial charge in [-0.2, -0.15) is 0 Å². The number of aliphatic hydroxyl groups is 1. The normalized spacial score (nSPS) is 48.3. The van der Waals surface area contributed by atoms with Crippen LogP contribution in [0.2, 0.25) is 0 Å². The van der Waals surface area contributed by atoms with Crippen LogP contribution in [-0.2, 0) is 0 Å². The predicted octanol–water partition coefficient (Wildman–Crippen LogP) is 1.84. The van der Waals surface area contributed by atoms with Crippen molar-refractivity contribution in [1.29, 1.82) is 0 Å². The molecular weight excluding hydrogens is 174 g/mol. The average Bonchev–Trinajstić information content (AvgIpc) is 2.17. The maximum atomic E-state index is 10.5.